The molecule has 1 aromatic rings. The molecule has 1 saturated carbocycles. The molecular formula is C17H30N2S. The fraction of sp³-hybridized carbons (Fsp3) is 0.765. The van der Waals surface area contributed by atoms with Gasteiger partial charge in [0.1, 0.15) is 0 Å². The lowest BCUT2D eigenvalue weighted by atomic mass is 9.76. The van der Waals surface area contributed by atoms with Crippen molar-refractivity contribution in [1.29, 1.82) is 0 Å². The van der Waals surface area contributed by atoms with E-state index in [4.69, 9.17) is 5.73 Å². The van der Waals surface area contributed by atoms with Crippen LogP contribution in [0, 0.1) is 11.8 Å². The zero-order valence-corrected chi connectivity index (χ0v) is 13.9. The summed E-state index contributed by atoms with van der Waals surface area (Å²) < 4.78 is 0. The average Bonchev–Trinajstić information content (AvgIpc) is 2.94. The Balaban J connectivity index is 1.75. The molecule has 0 spiro atoms. The number of hydrogen-bond donors (Lipinski definition) is 1. The second kappa shape index (κ2) is 8.16. The maximum atomic E-state index is 6.35. The minimum atomic E-state index is 0.423. The van der Waals surface area contributed by atoms with Gasteiger partial charge in [-0.15, -0.1) is 11.3 Å². The average molecular weight is 295 g/mol. The van der Waals surface area contributed by atoms with E-state index in [2.05, 4.69) is 36.4 Å². The maximum Gasteiger partial charge on any atom is 0.00795 e. The Morgan fingerprint density at radius 1 is 1.40 bits per heavy atom. The SMILES string of the molecule is CCCC1CCC(N)C(CN(C)CCc2cccs2)C1. The summed E-state index contributed by atoms with van der Waals surface area (Å²) in [4.78, 5) is 3.98. The number of likely N-dealkylation sites (N-methyl/N-ethyl adjacent to an activating group) is 1. The minimum absolute atomic E-state index is 0.423. The van der Waals surface area contributed by atoms with Gasteiger partial charge >= 0.3 is 0 Å². The van der Waals surface area contributed by atoms with Gasteiger partial charge in [-0.2, -0.15) is 0 Å². The Morgan fingerprint density at radius 2 is 2.25 bits per heavy atom. The van der Waals surface area contributed by atoms with Crippen LogP contribution in [0.3, 0.4) is 0 Å². The predicted octanol–water partition coefficient (Wildman–Crippen LogP) is 3.77. The summed E-state index contributed by atoms with van der Waals surface area (Å²) in [6.07, 6.45) is 7.81. The highest BCUT2D eigenvalue weighted by Crippen LogP contribution is 2.31. The number of thiophene rings is 1. The van der Waals surface area contributed by atoms with Gasteiger partial charge in [-0.3, -0.25) is 0 Å². The standard InChI is InChI=1S/C17H30N2S/c1-3-5-14-7-8-17(18)15(12-14)13-19(2)10-9-16-6-4-11-20-16/h4,6,11,14-15,17H,3,5,7-10,12-13,18H2,1-2H3. The highest BCUT2D eigenvalue weighted by molar-refractivity contribution is 7.09. The van der Waals surface area contributed by atoms with Crippen molar-refractivity contribution in [3.05, 3.63) is 22.4 Å². The Labute approximate surface area is 128 Å². The highest BCUT2D eigenvalue weighted by Gasteiger charge is 2.28. The Kier molecular flexibility index (Phi) is 6.53. The zero-order valence-electron chi connectivity index (χ0n) is 13.1. The van der Waals surface area contributed by atoms with Crippen molar-refractivity contribution in [1.82, 2.24) is 4.90 Å². The molecule has 0 saturated heterocycles. The van der Waals surface area contributed by atoms with Crippen LogP contribution in [0.2, 0.25) is 0 Å². The molecule has 0 bridgehead atoms. The van der Waals surface area contributed by atoms with Gasteiger partial charge in [0, 0.05) is 24.0 Å². The smallest absolute Gasteiger partial charge is 0.00795 e. The molecule has 2 nitrogen and oxygen atoms in total. The zero-order chi connectivity index (χ0) is 14.4. The molecule has 0 amide bonds. The summed E-state index contributed by atoms with van der Waals surface area (Å²) in [6, 6.07) is 4.81. The monoisotopic (exact) mass is 294 g/mol. The van der Waals surface area contributed by atoms with Gasteiger partial charge in [-0.05, 0) is 56.0 Å². The van der Waals surface area contributed by atoms with E-state index >= 15 is 0 Å². The van der Waals surface area contributed by atoms with E-state index in [1.54, 1.807) is 0 Å². The molecule has 1 aromatic heterocycles. The lowest BCUT2D eigenvalue weighted by Gasteiger charge is -2.36. The van der Waals surface area contributed by atoms with Gasteiger partial charge in [-0.1, -0.05) is 25.8 Å². The van der Waals surface area contributed by atoms with Crippen molar-refractivity contribution >= 4 is 11.3 Å². The quantitative estimate of drug-likeness (QED) is 0.829. The molecule has 3 unspecified atom stereocenters. The first-order valence-corrected chi connectivity index (χ1v) is 9.03. The molecule has 3 atom stereocenters. The fourth-order valence-corrected chi connectivity index (χ4v) is 4.21. The van der Waals surface area contributed by atoms with Crippen molar-refractivity contribution in [3.63, 3.8) is 0 Å². The number of nitrogens with two attached hydrogens (primary N) is 1. The van der Waals surface area contributed by atoms with Crippen LogP contribution in [-0.2, 0) is 6.42 Å². The third kappa shape index (κ3) is 4.87. The highest BCUT2D eigenvalue weighted by atomic mass is 32.1. The fourth-order valence-electron chi connectivity index (χ4n) is 3.51. The van der Waals surface area contributed by atoms with E-state index in [1.807, 2.05) is 11.3 Å². The molecule has 0 aliphatic heterocycles. The van der Waals surface area contributed by atoms with Gasteiger partial charge in [-0.25, -0.2) is 0 Å². The van der Waals surface area contributed by atoms with E-state index < -0.39 is 0 Å². The summed E-state index contributed by atoms with van der Waals surface area (Å²) >= 11 is 1.87. The predicted molar refractivity (Wildman–Crippen MR) is 89.2 cm³/mol. The molecular weight excluding hydrogens is 264 g/mol. The Morgan fingerprint density at radius 3 is 2.95 bits per heavy atom. The van der Waals surface area contributed by atoms with Crippen molar-refractivity contribution in [3.8, 4) is 0 Å². The summed E-state index contributed by atoms with van der Waals surface area (Å²) in [6.45, 7) is 4.63. The van der Waals surface area contributed by atoms with Gasteiger partial charge in [0.2, 0.25) is 0 Å². The second-order valence-corrected chi connectivity index (χ2v) is 7.52. The Bertz CT molecular complexity index is 363. The molecule has 1 fully saturated rings. The van der Waals surface area contributed by atoms with Crippen molar-refractivity contribution in [2.75, 3.05) is 20.1 Å². The molecule has 1 aliphatic carbocycles. The first-order chi connectivity index (χ1) is 9.69. The number of rotatable bonds is 7. The lowest BCUT2D eigenvalue weighted by Crippen LogP contribution is -2.42. The summed E-state index contributed by atoms with van der Waals surface area (Å²) in [7, 11) is 2.25. The van der Waals surface area contributed by atoms with Crippen LogP contribution in [0.5, 0.6) is 0 Å². The van der Waals surface area contributed by atoms with Crippen molar-refractivity contribution in [2.45, 2.75) is 51.5 Å². The third-order valence-electron chi connectivity index (χ3n) is 4.71. The van der Waals surface area contributed by atoms with Crippen LogP contribution >= 0.6 is 11.3 Å². The molecule has 20 heavy (non-hydrogen) atoms. The van der Waals surface area contributed by atoms with E-state index in [0.29, 0.717) is 12.0 Å². The van der Waals surface area contributed by atoms with E-state index in [0.717, 1.165) is 12.5 Å². The molecule has 1 heterocycles. The second-order valence-electron chi connectivity index (χ2n) is 6.48. The van der Waals surface area contributed by atoms with E-state index in [1.165, 1.54) is 49.9 Å². The molecule has 0 radical (unpaired) electrons. The van der Waals surface area contributed by atoms with Gasteiger partial charge in [0.05, 0.1) is 0 Å². The summed E-state index contributed by atoms with van der Waals surface area (Å²) in [5.74, 6) is 1.63. The van der Waals surface area contributed by atoms with Crippen LogP contribution in [0.4, 0.5) is 0 Å². The van der Waals surface area contributed by atoms with Gasteiger partial charge in [0.25, 0.3) is 0 Å². The molecule has 2 N–H and O–H groups in total. The number of hydrogen-bond acceptors (Lipinski definition) is 3. The first kappa shape index (κ1) is 16.0. The topological polar surface area (TPSA) is 29.3 Å². The van der Waals surface area contributed by atoms with Gasteiger partial charge in [0.15, 0.2) is 0 Å². The molecule has 2 rings (SSSR count). The van der Waals surface area contributed by atoms with Crippen LogP contribution in [0.1, 0.15) is 43.9 Å². The Hall–Kier alpha value is -0.380. The van der Waals surface area contributed by atoms with Crippen molar-refractivity contribution < 1.29 is 0 Å². The summed E-state index contributed by atoms with van der Waals surface area (Å²) in [5.41, 5.74) is 6.35. The largest absolute Gasteiger partial charge is 0.327 e. The van der Waals surface area contributed by atoms with Crippen molar-refractivity contribution in [2.24, 2.45) is 17.6 Å². The first-order valence-electron chi connectivity index (χ1n) is 8.15. The molecule has 3 heteroatoms. The normalized spacial score (nSPS) is 27.1. The minimum Gasteiger partial charge on any atom is -0.327 e. The number of nitrogens with zero attached hydrogens (tertiary/aromatic N) is 1. The maximum absolute atomic E-state index is 6.35. The van der Waals surface area contributed by atoms with Crippen LogP contribution in [0.15, 0.2) is 17.5 Å². The summed E-state index contributed by atoms with van der Waals surface area (Å²) in [5, 5.41) is 2.17. The molecule has 1 aliphatic rings. The van der Waals surface area contributed by atoms with Crippen LogP contribution < -0.4 is 5.73 Å². The van der Waals surface area contributed by atoms with E-state index in [-0.39, 0.29) is 0 Å². The lowest BCUT2D eigenvalue weighted by molar-refractivity contribution is 0.169. The third-order valence-corrected chi connectivity index (χ3v) is 5.65. The molecule has 114 valence electrons. The molecule has 0 aromatic carbocycles. The van der Waals surface area contributed by atoms with Crippen LogP contribution in [-0.4, -0.2) is 31.1 Å². The van der Waals surface area contributed by atoms with Gasteiger partial charge < -0.3 is 10.6 Å². The van der Waals surface area contributed by atoms with Crippen LogP contribution in [0.25, 0.3) is 0 Å². The van der Waals surface area contributed by atoms with E-state index in [9.17, 15) is 0 Å².